The molecule has 2 amide bonds. The molecule has 0 atom stereocenters. The molecule has 0 aromatic heterocycles. The number of anilines is 1. The van der Waals surface area contributed by atoms with Gasteiger partial charge in [-0.2, -0.15) is 0 Å². The van der Waals surface area contributed by atoms with Crippen molar-refractivity contribution in [1.82, 2.24) is 5.32 Å². The first-order chi connectivity index (χ1) is 12.7. The van der Waals surface area contributed by atoms with Crippen molar-refractivity contribution in [2.45, 2.75) is 44.6 Å². The average molecular weight is 354 g/mol. The molecule has 6 rings (SSSR count). The maximum Gasteiger partial charge on any atom is 0.265 e. The molecule has 1 N–H and O–H groups in total. The van der Waals surface area contributed by atoms with Crippen LogP contribution in [-0.4, -0.2) is 31.0 Å². The maximum atomic E-state index is 12.6. The van der Waals surface area contributed by atoms with E-state index in [1.165, 1.54) is 32.1 Å². The Labute approximate surface area is 154 Å². The number of hydrogen-bond acceptors (Lipinski definition) is 3. The van der Waals surface area contributed by atoms with Crippen LogP contribution in [0, 0.1) is 23.7 Å². The molecule has 4 saturated carbocycles. The van der Waals surface area contributed by atoms with Crippen molar-refractivity contribution in [1.29, 1.82) is 0 Å². The van der Waals surface area contributed by atoms with Crippen LogP contribution in [0.2, 0.25) is 0 Å². The Morgan fingerprint density at radius 1 is 1.08 bits per heavy atom. The van der Waals surface area contributed by atoms with E-state index in [4.69, 9.17) is 4.74 Å². The van der Waals surface area contributed by atoms with Crippen molar-refractivity contribution in [2.24, 2.45) is 23.7 Å². The van der Waals surface area contributed by atoms with Gasteiger partial charge in [0.05, 0.1) is 5.69 Å². The van der Waals surface area contributed by atoms with Gasteiger partial charge in [0.2, 0.25) is 5.91 Å². The number of amides is 2. The summed E-state index contributed by atoms with van der Waals surface area (Å²) in [5.41, 5.74) is 0.770. The summed E-state index contributed by atoms with van der Waals surface area (Å²) in [7, 11) is 0. The predicted molar refractivity (Wildman–Crippen MR) is 97.9 cm³/mol. The number of para-hydroxylation sites is 2. The van der Waals surface area contributed by atoms with Gasteiger partial charge in [0, 0.05) is 19.0 Å². The van der Waals surface area contributed by atoms with Crippen molar-refractivity contribution < 1.29 is 14.3 Å². The second-order valence-corrected chi connectivity index (χ2v) is 8.58. The summed E-state index contributed by atoms with van der Waals surface area (Å²) in [6.45, 7) is 0.465. The Hall–Kier alpha value is -2.04. The standard InChI is InChI=1S/C21H26N2O3/c24-19(22-21-15-8-13-7-14(10-15)11-16(21)9-13)5-6-23-17-3-1-2-4-18(17)26-12-20(23)25/h1-4,13-16,21H,5-12H2,(H,22,24). The second kappa shape index (κ2) is 6.29. The van der Waals surface area contributed by atoms with Gasteiger partial charge in [0.15, 0.2) is 6.61 Å². The molecule has 1 aromatic carbocycles. The second-order valence-electron chi connectivity index (χ2n) is 8.58. The molecule has 1 heterocycles. The summed E-state index contributed by atoms with van der Waals surface area (Å²) in [5.74, 6) is 3.90. The van der Waals surface area contributed by atoms with Crippen LogP contribution < -0.4 is 15.0 Å². The summed E-state index contributed by atoms with van der Waals surface area (Å²) in [5, 5.41) is 3.33. The quantitative estimate of drug-likeness (QED) is 0.904. The van der Waals surface area contributed by atoms with Crippen molar-refractivity contribution in [3.05, 3.63) is 24.3 Å². The Morgan fingerprint density at radius 3 is 2.50 bits per heavy atom. The third kappa shape index (κ3) is 2.78. The molecule has 26 heavy (non-hydrogen) atoms. The Kier molecular flexibility index (Phi) is 3.91. The lowest BCUT2D eigenvalue weighted by Gasteiger charge is -2.54. The van der Waals surface area contributed by atoms with Crippen LogP contribution in [0.15, 0.2) is 24.3 Å². The number of hydrogen-bond donors (Lipinski definition) is 1. The number of carbonyl (C=O) groups excluding carboxylic acids is 2. The molecule has 0 spiro atoms. The molecular weight excluding hydrogens is 328 g/mol. The van der Waals surface area contributed by atoms with E-state index in [0.717, 1.165) is 17.5 Å². The minimum Gasteiger partial charge on any atom is -0.482 e. The van der Waals surface area contributed by atoms with Crippen LogP contribution in [0.3, 0.4) is 0 Å². The lowest BCUT2D eigenvalue weighted by atomic mass is 9.54. The van der Waals surface area contributed by atoms with Gasteiger partial charge in [-0.15, -0.1) is 0 Å². The van der Waals surface area contributed by atoms with Gasteiger partial charge >= 0.3 is 0 Å². The van der Waals surface area contributed by atoms with Gasteiger partial charge in [-0.25, -0.2) is 0 Å². The van der Waals surface area contributed by atoms with Gasteiger partial charge in [-0.1, -0.05) is 12.1 Å². The zero-order valence-electron chi connectivity index (χ0n) is 15.0. The molecule has 4 aliphatic carbocycles. The van der Waals surface area contributed by atoms with Gasteiger partial charge in [0.1, 0.15) is 5.75 Å². The van der Waals surface area contributed by atoms with Crippen molar-refractivity contribution in [2.75, 3.05) is 18.1 Å². The molecule has 5 heteroatoms. The number of carbonyl (C=O) groups is 2. The highest BCUT2D eigenvalue weighted by Gasteiger charge is 2.48. The Morgan fingerprint density at radius 2 is 1.77 bits per heavy atom. The first kappa shape index (κ1) is 16.2. The fourth-order valence-electron chi connectivity index (χ4n) is 6.03. The summed E-state index contributed by atoms with van der Waals surface area (Å²) < 4.78 is 5.47. The number of benzene rings is 1. The fourth-order valence-corrected chi connectivity index (χ4v) is 6.03. The molecule has 1 aromatic rings. The molecule has 0 radical (unpaired) electrons. The highest BCUT2D eigenvalue weighted by Crippen LogP contribution is 2.53. The minimum absolute atomic E-state index is 0.0498. The van der Waals surface area contributed by atoms with E-state index in [1.54, 1.807) is 4.90 Å². The zero-order valence-corrected chi connectivity index (χ0v) is 15.0. The summed E-state index contributed by atoms with van der Waals surface area (Å²) in [6.07, 6.45) is 6.97. The van der Waals surface area contributed by atoms with E-state index in [-0.39, 0.29) is 18.4 Å². The van der Waals surface area contributed by atoms with E-state index in [9.17, 15) is 9.59 Å². The maximum absolute atomic E-state index is 12.6. The Bertz CT molecular complexity index is 704. The molecule has 4 bridgehead atoms. The van der Waals surface area contributed by atoms with E-state index in [1.807, 2.05) is 24.3 Å². The van der Waals surface area contributed by atoms with Crippen molar-refractivity contribution in [3.8, 4) is 5.75 Å². The molecule has 1 aliphatic heterocycles. The number of nitrogens with zero attached hydrogens (tertiary/aromatic N) is 1. The monoisotopic (exact) mass is 354 g/mol. The van der Waals surface area contributed by atoms with Crippen LogP contribution in [0.4, 0.5) is 5.69 Å². The summed E-state index contributed by atoms with van der Waals surface area (Å²) >= 11 is 0. The highest BCUT2D eigenvalue weighted by atomic mass is 16.5. The van der Waals surface area contributed by atoms with Crippen molar-refractivity contribution >= 4 is 17.5 Å². The van der Waals surface area contributed by atoms with E-state index in [0.29, 0.717) is 36.6 Å². The molecule has 0 unspecified atom stereocenters. The van der Waals surface area contributed by atoms with E-state index < -0.39 is 0 Å². The van der Waals surface area contributed by atoms with Gasteiger partial charge < -0.3 is 15.0 Å². The number of nitrogens with one attached hydrogen (secondary N) is 1. The summed E-state index contributed by atoms with van der Waals surface area (Å²) in [6, 6.07) is 7.89. The first-order valence-corrected chi connectivity index (χ1v) is 9.99. The number of ether oxygens (including phenoxy) is 1. The highest BCUT2D eigenvalue weighted by molar-refractivity contribution is 5.98. The SMILES string of the molecule is O=C(CCN1C(=O)COc2ccccc21)NC1C2CC3CC(C2)CC1C3. The molecule has 138 valence electrons. The molecule has 5 nitrogen and oxygen atoms in total. The van der Waals surface area contributed by atoms with Crippen LogP contribution >= 0.6 is 0 Å². The average Bonchev–Trinajstić information content (AvgIpc) is 2.63. The summed E-state index contributed by atoms with van der Waals surface area (Å²) in [4.78, 5) is 26.5. The zero-order chi connectivity index (χ0) is 17.7. The van der Waals surface area contributed by atoms with Crippen LogP contribution in [-0.2, 0) is 9.59 Å². The van der Waals surface area contributed by atoms with Crippen LogP contribution in [0.25, 0.3) is 0 Å². The smallest absolute Gasteiger partial charge is 0.265 e. The molecule has 5 aliphatic rings. The van der Waals surface area contributed by atoms with E-state index in [2.05, 4.69) is 5.32 Å². The fraction of sp³-hybridized carbons (Fsp3) is 0.619. The topological polar surface area (TPSA) is 58.6 Å². The van der Waals surface area contributed by atoms with Crippen LogP contribution in [0.5, 0.6) is 5.75 Å². The third-order valence-corrected chi connectivity index (χ3v) is 6.93. The number of rotatable bonds is 4. The van der Waals surface area contributed by atoms with Gasteiger partial charge in [-0.05, 0) is 67.9 Å². The predicted octanol–water partition coefficient (Wildman–Crippen LogP) is 2.74. The largest absolute Gasteiger partial charge is 0.482 e. The normalized spacial score (nSPS) is 34.4. The van der Waals surface area contributed by atoms with Crippen molar-refractivity contribution in [3.63, 3.8) is 0 Å². The Balaban J connectivity index is 1.21. The lowest BCUT2D eigenvalue weighted by Crippen LogP contribution is -2.56. The first-order valence-electron chi connectivity index (χ1n) is 9.99. The van der Waals surface area contributed by atoms with Crippen LogP contribution in [0.1, 0.15) is 38.5 Å². The lowest BCUT2D eigenvalue weighted by molar-refractivity contribution is -0.125. The molecule has 4 fully saturated rings. The molecular formula is C21H26N2O3. The van der Waals surface area contributed by atoms with Gasteiger partial charge in [-0.3, -0.25) is 9.59 Å². The van der Waals surface area contributed by atoms with Gasteiger partial charge in [0.25, 0.3) is 5.91 Å². The molecule has 0 saturated heterocycles. The number of fused-ring (bicyclic) bond motifs is 1. The minimum atomic E-state index is -0.0777. The third-order valence-electron chi connectivity index (χ3n) is 6.93. The van der Waals surface area contributed by atoms with E-state index >= 15 is 0 Å².